The first kappa shape index (κ1) is 32.4. The van der Waals surface area contributed by atoms with Gasteiger partial charge in [0.1, 0.15) is 6.10 Å². The number of aliphatic hydroxyl groups is 5. The molecule has 12 atom stereocenters. The van der Waals surface area contributed by atoms with Gasteiger partial charge in [-0.3, -0.25) is 4.79 Å². The van der Waals surface area contributed by atoms with Crippen molar-refractivity contribution in [1.29, 1.82) is 0 Å². The number of fused-ring (bicyclic) bond motifs is 7. The van der Waals surface area contributed by atoms with Gasteiger partial charge in [0.2, 0.25) is 0 Å². The summed E-state index contributed by atoms with van der Waals surface area (Å²) >= 11 is 0. The molecule has 0 aromatic heterocycles. The number of hydrogen-bond acceptors (Lipinski definition) is 7. The molecule has 42 heavy (non-hydrogen) atoms. The molecule has 0 radical (unpaired) electrons. The zero-order valence-electron chi connectivity index (χ0n) is 27.3. The van der Waals surface area contributed by atoms with E-state index in [9.17, 15) is 30.3 Å². The minimum absolute atomic E-state index is 0.0314. The second kappa shape index (κ2) is 10.3. The molecule has 5 aliphatic carbocycles. The molecule has 0 unspecified atom stereocenters. The van der Waals surface area contributed by atoms with Crippen LogP contribution in [-0.2, 0) is 9.53 Å². The Bertz CT molecular complexity index is 1100. The summed E-state index contributed by atoms with van der Waals surface area (Å²) < 4.78 is 6.02. The van der Waals surface area contributed by atoms with Gasteiger partial charge in [0.15, 0.2) is 0 Å². The Hall–Kier alpha value is -0.990. The number of esters is 1. The fourth-order valence-electron chi connectivity index (χ4n) is 11.6. The Labute approximate surface area is 253 Å². The molecule has 5 N–H and O–H groups in total. The van der Waals surface area contributed by atoms with E-state index in [1.54, 1.807) is 0 Å². The van der Waals surface area contributed by atoms with Crippen LogP contribution in [0.2, 0.25) is 0 Å². The fourth-order valence-corrected chi connectivity index (χ4v) is 11.6. The Morgan fingerprint density at radius 3 is 2.21 bits per heavy atom. The lowest BCUT2D eigenvalue weighted by Gasteiger charge is -2.73. The summed E-state index contributed by atoms with van der Waals surface area (Å²) in [6, 6.07) is 0. The Balaban J connectivity index is 1.63. The normalized spacial score (nSPS) is 50.8. The Kier molecular flexibility index (Phi) is 7.92. The molecular formula is C35H58O7. The number of carbonyl (C=O) groups excluding carboxylic acids is 1. The first-order chi connectivity index (χ1) is 19.4. The third-order valence-electron chi connectivity index (χ3n) is 14.5. The molecule has 4 fully saturated rings. The van der Waals surface area contributed by atoms with Crippen molar-refractivity contribution in [3.63, 3.8) is 0 Å². The van der Waals surface area contributed by atoms with Crippen molar-refractivity contribution in [3.05, 3.63) is 11.6 Å². The van der Waals surface area contributed by atoms with E-state index in [0.717, 1.165) is 44.1 Å². The lowest BCUT2D eigenvalue weighted by molar-refractivity contribution is -0.291. The summed E-state index contributed by atoms with van der Waals surface area (Å²) in [5.41, 5.74) is -2.36. The molecule has 5 aliphatic rings. The number of carbonyl (C=O) groups is 1. The Morgan fingerprint density at radius 1 is 0.929 bits per heavy atom. The van der Waals surface area contributed by atoms with E-state index in [-0.39, 0.29) is 40.6 Å². The van der Waals surface area contributed by atoms with Crippen LogP contribution >= 0.6 is 0 Å². The van der Waals surface area contributed by atoms with Crippen molar-refractivity contribution in [2.45, 2.75) is 144 Å². The van der Waals surface area contributed by atoms with Crippen molar-refractivity contribution in [2.24, 2.45) is 50.2 Å². The molecule has 5 rings (SSSR count). The lowest BCUT2D eigenvalue weighted by Crippen LogP contribution is -2.76. The van der Waals surface area contributed by atoms with Gasteiger partial charge in [0, 0.05) is 11.8 Å². The van der Waals surface area contributed by atoms with Gasteiger partial charge in [-0.05, 0) is 84.4 Å². The smallest absolute Gasteiger partial charge is 0.306 e. The van der Waals surface area contributed by atoms with Crippen LogP contribution in [0.1, 0.15) is 113 Å². The van der Waals surface area contributed by atoms with Crippen LogP contribution in [0.25, 0.3) is 0 Å². The summed E-state index contributed by atoms with van der Waals surface area (Å²) in [6.07, 6.45) is 3.61. The highest BCUT2D eigenvalue weighted by molar-refractivity contribution is 5.69. The standard InChI is InChI=1S/C35H58O7/c1-9-10-11-25(38)42-29-28(41)30(2,3)18-21-20-12-13-23-32(6)16-15-24(37)31(4,5)22(32)14-17-33(23,7)34(20,8)26(39)27(40)35(21,29)19-36/h12,21-24,26-29,36-37,39-41H,9-11,13-19H2,1-8H3/t21-,22-,23+,24-,26-,27+,28-,29-,32-,33+,34-,35-/m0/s1. The first-order valence-corrected chi connectivity index (χ1v) is 16.6. The average Bonchev–Trinajstić information content (AvgIpc) is 2.92. The molecule has 0 amide bonds. The van der Waals surface area contributed by atoms with Crippen LogP contribution in [0.4, 0.5) is 0 Å². The molecule has 7 heteroatoms. The summed E-state index contributed by atoms with van der Waals surface area (Å²) in [5, 5.41) is 58.3. The topological polar surface area (TPSA) is 127 Å². The predicted molar refractivity (Wildman–Crippen MR) is 161 cm³/mol. The zero-order valence-corrected chi connectivity index (χ0v) is 27.3. The average molecular weight is 591 g/mol. The highest BCUT2D eigenvalue weighted by atomic mass is 16.6. The van der Waals surface area contributed by atoms with Crippen LogP contribution in [0.15, 0.2) is 11.6 Å². The van der Waals surface area contributed by atoms with E-state index < -0.39 is 53.2 Å². The minimum atomic E-state index is -1.41. The predicted octanol–water partition coefficient (Wildman–Crippen LogP) is 4.77. The van der Waals surface area contributed by atoms with E-state index >= 15 is 0 Å². The van der Waals surface area contributed by atoms with Crippen molar-refractivity contribution in [2.75, 3.05) is 6.61 Å². The van der Waals surface area contributed by atoms with Crippen molar-refractivity contribution in [1.82, 2.24) is 0 Å². The molecule has 0 aromatic rings. The van der Waals surface area contributed by atoms with E-state index in [1.165, 1.54) is 0 Å². The molecule has 4 saturated carbocycles. The van der Waals surface area contributed by atoms with Gasteiger partial charge in [0.05, 0.1) is 36.4 Å². The van der Waals surface area contributed by atoms with Gasteiger partial charge in [0.25, 0.3) is 0 Å². The van der Waals surface area contributed by atoms with E-state index in [0.29, 0.717) is 18.8 Å². The third-order valence-corrected chi connectivity index (χ3v) is 14.5. The van der Waals surface area contributed by atoms with E-state index in [4.69, 9.17) is 4.74 Å². The number of unbranched alkanes of at least 4 members (excludes halogenated alkanes) is 1. The van der Waals surface area contributed by atoms with Gasteiger partial charge >= 0.3 is 5.97 Å². The highest BCUT2D eigenvalue weighted by Gasteiger charge is 2.75. The van der Waals surface area contributed by atoms with Crippen molar-refractivity contribution >= 4 is 5.97 Å². The van der Waals surface area contributed by atoms with Gasteiger partial charge in [-0.1, -0.05) is 73.5 Å². The third kappa shape index (κ3) is 3.98. The number of allylic oxidation sites excluding steroid dienone is 1. The lowest BCUT2D eigenvalue weighted by atomic mass is 9.32. The molecule has 0 heterocycles. The highest BCUT2D eigenvalue weighted by Crippen LogP contribution is 2.75. The summed E-state index contributed by atoms with van der Waals surface area (Å²) in [7, 11) is 0. The van der Waals surface area contributed by atoms with Crippen LogP contribution in [-0.4, -0.2) is 68.6 Å². The largest absolute Gasteiger partial charge is 0.459 e. The summed E-state index contributed by atoms with van der Waals surface area (Å²) in [5.74, 6) is -0.222. The first-order valence-electron chi connectivity index (χ1n) is 16.6. The van der Waals surface area contributed by atoms with Gasteiger partial charge in [-0.2, -0.15) is 0 Å². The summed E-state index contributed by atoms with van der Waals surface area (Å²) in [6.45, 7) is 16.7. The van der Waals surface area contributed by atoms with Crippen LogP contribution in [0.5, 0.6) is 0 Å². The molecule has 0 aliphatic heterocycles. The van der Waals surface area contributed by atoms with Crippen LogP contribution < -0.4 is 0 Å². The number of hydrogen-bond donors (Lipinski definition) is 5. The molecule has 240 valence electrons. The molecule has 0 spiro atoms. The molecule has 0 bridgehead atoms. The summed E-state index contributed by atoms with van der Waals surface area (Å²) in [4.78, 5) is 13.0. The quantitative estimate of drug-likeness (QED) is 0.231. The van der Waals surface area contributed by atoms with Gasteiger partial charge in [-0.15, -0.1) is 0 Å². The van der Waals surface area contributed by atoms with Crippen molar-refractivity contribution < 1.29 is 35.1 Å². The molecule has 0 saturated heterocycles. The number of ether oxygens (including phenoxy) is 1. The number of rotatable bonds is 5. The van der Waals surface area contributed by atoms with E-state index in [2.05, 4.69) is 40.7 Å². The Morgan fingerprint density at radius 2 is 1.60 bits per heavy atom. The second-order valence-electron chi connectivity index (χ2n) is 16.9. The maximum absolute atomic E-state index is 13.0. The van der Waals surface area contributed by atoms with E-state index in [1.807, 2.05) is 20.8 Å². The fraction of sp³-hybridized carbons (Fsp3) is 0.914. The minimum Gasteiger partial charge on any atom is -0.459 e. The molecule has 7 nitrogen and oxygen atoms in total. The van der Waals surface area contributed by atoms with Gasteiger partial charge in [-0.25, -0.2) is 0 Å². The van der Waals surface area contributed by atoms with Crippen LogP contribution in [0.3, 0.4) is 0 Å². The molecular weight excluding hydrogens is 532 g/mol. The monoisotopic (exact) mass is 590 g/mol. The maximum atomic E-state index is 13.0. The van der Waals surface area contributed by atoms with Gasteiger partial charge < -0.3 is 30.3 Å². The van der Waals surface area contributed by atoms with Crippen LogP contribution in [0, 0.1) is 50.2 Å². The van der Waals surface area contributed by atoms with Crippen molar-refractivity contribution in [3.8, 4) is 0 Å². The zero-order chi connectivity index (χ0) is 31.3. The maximum Gasteiger partial charge on any atom is 0.306 e. The second-order valence-corrected chi connectivity index (χ2v) is 16.9. The number of aliphatic hydroxyl groups excluding tert-OH is 5. The molecule has 0 aromatic carbocycles. The SMILES string of the molecule is CCCCC(=O)O[C@H]1[C@H](O)C(C)(C)C[C@H]2C3=CC[C@@H]4[C@@]5(C)CC[C@H](O)C(C)(C)[C@@H]5CC[C@@]4(C)[C@]3(C)[C@@H](O)[C@@H](O)[C@]21CO.